The van der Waals surface area contributed by atoms with Crippen LogP contribution in [0.1, 0.15) is 47.4 Å². The lowest BCUT2D eigenvalue weighted by molar-refractivity contribution is -0.133. The molecule has 2 heterocycles. The van der Waals surface area contributed by atoms with E-state index in [2.05, 4.69) is 63.4 Å². The van der Waals surface area contributed by atoms with Crippen molar-refractivity contribution in [3.8, 4) is 0 Å². The first-order chi connectivity index (χ1) is 17.2. The van der Waals surface area contributed by atoms with Gasteiger partial charge in [-0.2, -0.15) is 0 Å². The number of hydrogen-bond acceptors (Lipinski definition) is 5. The van der Waals surface area contributed by atoms with Gasteiger partial charge in [0, 0.05) is 58.1 Å². The van der Waals surface area contributed by atoms with E-state index in [-0.39, 0.29) is 17.9 Å². The summed E-state index contributed by atoms with van der Waals surface area (Å²) in [6.45, 7) is 5.97. The van der Waals surface area contributed by atoms with Gasteiger partial charge in [0.1, 0.15) is 5.69 Å². The number of rotatable bonds is 9. The number of hydrogen-bond donors (Lipinski definition) is 0. The molecular weight excluding hydrogens is 438 g/mol. The molecule has 0 N–H and O–H groups in total. The molecule has 1 aliphatic rings. The fourth-order valence-corrected chi connectivity index (χ4v) is 4.66. The van der Waals surface area contributed by atoms with Crippen molar-refractivity contribution in [3.63, 3.8) is 0 Å². The molecule has 2 amide bonds. The van der Waals surface area contributed by atoms with Gasteiger partial charge in [-0.25, -0.2) is 4.98 Å². The molecule has 0 unspecified atom stereocenters. The first-order valence-corrected chi connectivity index (χ1v) is 12.3. The topological polar surface area (TPSA) is 69.6 Å². The zero-order valence-corrected chi connectivity index (χ0v) is 20.3. The van der Waals surface area contributed by atoms with Crippen LogP contribution in [0.5, 0.6) is 0 Å². The van der Waals surface area contributed by atoms with Gasteiger partial charge < -0.3 is 9.80 Å². The summed E-state index contributed by atoms with van der Waals surface area (Å²) in [5, 5.41) is 0. The molecule has 0 radical (unpaired) electrons. The van der Waals surface area contributed by atoms with Crippen molar-refractivity contribution >= 4 is 11.8 Å². The molecule has 7 heteroatoms. The lowest BCUT2D eigenvalue weighted by Gasteiger charge is -2.40. The first kappa shape index (κ1) is 24.5. The van der Waals surface area contributed by atoms with Gasteiger partial charge in [0.05, 0.1) is 12.2 Å². The molecule has 182 valence electrons. The summed E-state index contributed by atoms with van der Waals surface area (Å²) in [6.07, 6.45) is 5.67. The predicted octanol–water partition coefficient (Wildman–Crippen LogP) is 3.65. The van der Waals surface area contributed by atoms with Crippen LogP contribution in [0.15, 0.2) is 79.3 Å². The van der Waals surface area contributed by atoms with Crippen molar-refractivity contribution in [1.82, 2.24) is 24.7 Å². The summed E-state index contributed by atoms with van der Waals surface area (Å²) in [5.74, 6) is -0.0835. The van der Waals surface area contributed by atoms with Crippen molar-refractivity contribution in [2.75, 3.05) is 39.3 Å². The molecule has 0 aliphatic carbocycles. The zero-order valence-electron chi connectivity index (χ0n) is 20.3. The standard InChI is InChI=1S/C28H33N5O2/c1-2-16-33(28(35)25-22-29-14-15-30-25)17-13-26(34)31-18-20-32(21-19-31)27(23-9-5-3-6-10-23)24-11-7-4-8-12-24/h3-12,14-15,22,27H,2,13,16-21H2,1H3. The van der Waals surface area contributed by atoms with Crippen LogP contribution in [0.4, 0.5) is 0 Å². The van der Waals surface area contributed by atoms with Crippen LogP contribution in [-0.4, -0.2) is 75.8 Å². The smallest absolute Gasteiger partial charge is 0.274 e. The van der Waals surface area contributed by atoms with Gasteiger partial charge in [0.25, 0.3) is 5.91 Å². The Bertz CT molecular complexity index is 1030. The third-order valence-electron chi connectivity index (χ3n) is 6.42. The van der Waals surface area contributed by atoms with Gasteiger partial charge >= 0.3 is 0 Å². The Morgan fingerprint density at radius 1 is 0.886 bits per heavy atom. The minimum atomic E-state index is -0.175. The summed E-state index contributed by atoms with van der Waals surface area (Å²) in [7, 11) is 0. The predicted molar refractivity (Wildman–Crippen MR) is 136 cm³/mol. The fourth-order valence-electron chi connectivity index (χ4n) is 4.66. The average molecular weight is 472 g/mol. The van der Waals surface area contributed by atoms with Crippen LogP contribution in [0.2, 0.25) is 0 Å². The van der Waals surface area contributed by atoms with Gasteiger partial charge in [-0.05, 0) is 17.5 Å². The summed E-state index contributed by atoms with van der Waals surface area (Å²) >= 11 is 0. The Morgan fingerprint density at radius 2 is 1.51 bits per heavy atom. The molecule has 3 aromatic rings. The molecule has 2 aromatic carbocycles. The van der Waals surface area contributed by atoms with E-state index >= 15 is 0 Å². The first-order valence-electron chi connectivity index (χ1n) is 12.3. The van der Waals surface area contributed by atoms with Crippen LogP contribution in [-0.2, 0) is 4.79 Å². The lowest BCUT2D eigenvalue weighted by Crippen LogP contribution is -2.50. The molecular formula is C28H33N5O2. The molecule has 0 atom stereocenters. The minimum Gasteiger partial charge on any atom is -0.340 e. The van der Waals surface area contributed by atoms with E-state index in [4.69, 9.17) is 0 Å². The Balaban J connectivity index is 1.36. The number of nitrogens with zero attached hydrogens (tertiary/aromatic N) is 5. The van der Waals surface area contributed by atoms with Crippen LogP contribution in [0, 0.1) is 0 Å². The highest BCUT2D eigenvalue weighted by molar-refractivity contribution is 5.92. The van der Waals surface area contributed by atoms with Gasteiger partial charge in [-0.3, -0.25) is 19.5 Å². The lowest BCUT2D eigenvalue weighted by atomic mass is 9.96. The Morgan fingerprint density at radius 3 is 2.06 bits per heavy atom. The van der Waals surface area contributed by atoms with Gasteiger partial charge in [0.2, 0.25) is 5.91 Å². The molecule has 0 bridgehead atoms. The van der Waals surface area contributed by atoms with E-state index in [0.717, 1.165) is 19.5 Å². The zero-order chi connectivity index (χ0) is 24.5. The molecule has 1 saturated heterocycles. The summed E-state index contributed by atoms with van der Waals surface area (Å²) in [4.78, 5) is 40.0. The van der Waals surface area contributed by atoms with Crippen molar-refractivity contribution < 1.29 is 9.59 Å². The SMILES string of the molecule is CCCN(CCC(=O)N1CCN(C(c2ccccc2)c2ccccc2)CC1)C(=O)c1cnccn1. The molecule has 35 heavy (non-hydrogen) atoms. The molecule has 0 saturated carbocycles. The largest absolute Gasteiger partial charge is 0.340 e. The summed E-state index contributed by atoms with van der Waals surface area (Å²) in [5.41, 5.74) is 2.84. The number of benzene rings is 2. The minimum absolute atomic E-state index is 0.0914. The van der Waals surface area contributed by atoms with Crippen molar-refractivity contribution in [1.29, 1.82) is 0 Å². The molecule has 7 nitrogen and oxygen atoms in total. The third kappa shape index (κ3) is 6.31. The van der Waals surface area contributed by atoms with Crippen molar-refractivity contribution in [3.05, 3.63) is 96.1 Å². The number of carbonyl (C=O) groups is 2. The van der Waals surface area contributed by atoms with Gasteiger partial charge in [-0.1, -0.05) is 67.6 Å². The summed E-state index contributed by atoms with van der Waals surface area (Å²) in [6, 6.07) is 21.3. The highest BCUT2D eigenvalue weighted by atomic mass is 16.2. The molecule has 1 fully saturated rings. The number of piperazine rings is 1. The van der Waals surface area contributed by atoms with E-state index in [0.29, 0.717) is 38.3 Å². The van der Waals surface area contributed by atoms with Crippen LogP contribution in [0.3, 0.4) is 0 Å². The average Bonchev–Trinajstić information content (AvgIpc) is 2.93. The Labute approximate surface area is 207 Å². The third-order valence-corrected chi connectivity index (χ3v) is 6.42. The quantitative estimate of drug-likeness (QED) is 0.477. The highest BCUT2D eigenvalue weighted by Gasteiger charge is 2.28. The van der Waals surface area contributed by atoms with Crippen LogP contribution in [0.25, 0.3) is 0 Å². The Kier molecular flexibility index (Phi) is 8.57. The second-order valence-corrected chi connectivity index (χ2v) is 8.77. The maximum Gasteiger partial charge on any atom is 0.274 e. The van der Waals surface area contributed by atoms with Crippen molar-refractivity contribution in [2.24, 2.45) is 0 Å². The maximum absolute atomic E-state index is 13.0. The molecule has 1 aromatic heterocycles. The monoisotopic (exact) mass is 471 g/mol. The highest BCUT2D eigenvalue weighted by Crippen LogP contribution is 2.29. The Hall–Kier alpha value is -3.58. The molecule has 0 spiro atoms. The normalized spacial score (nSPS) is 14.2. The van der Waals surface area contributed by atoms with E-state index < -0.39 is 0 Å². The van der Waals surface area contributed by atoms with E-state index in [9.17, 15) is 9.59 Å². The van der Waals surface area contributed by atoms with E-state index in [1.165, 1.54) is 23.5 Å². The van der Waals surface area contributed by atoms with Crippen molar-refractivity contribution in [2.45, 2.75) is 25.8 Å². The maximum atomic E-state index is 13.0. The molecule has 4 rings (SSSR count). The number of aromatic nitrogens is 2. The number of carbonyl (C=O) groups excluding carboxylic acids is 2. The van der Waals surface area contributed by atoms with Gasteiger partial charge in [-0.15, -0.1) is 0 Å². The second-order valence-electron chi connectivity index (χ2n) is 8.77. The van der Waals surface area contributed by atoms with Gasteiger partial charge in [0.15, 0.2) is 0 Å². The van der Waals surface area contributed by atoms with Crippen LogP contribution >= 0.6 is 0 Å². The van der Waals surface area contributed by atoms with E-state index in [1.807, 2.05) is 24.0 Å². The second kappa shape index (κ2) is 12.2. The number of amides is 2. The summed E-state index contributed by atoms with van der Waals surface area (Å²) < 4.78 is 0. The molecule has 1 aliphatic heterocycles. The fraction of sp³-hybridized carbons (Fsp3) is 0.357. The van der Waals surface area contributed by atoms with Crippen LogP contribution < -0.4 is 0 Å². The van der Waals surface area contributed by atoms with E-state index in [1.54, 1.807) is 11.1 Å².